The first-order valence-electron chi connectivity index (χ1n) is 12.8. The van der Waals surface area contributed by atoms with Crippen molar-refractivity contribution in [3.8, 4) is 5.75 Å². The number of hydrogen-bond acceptors (Lipinski definition) is 6. The number of imide groups is 1. The molecular formula is C28H30IN5O5. The van der Waals surface area contributed by atoms with Gasteiger partial charge in [-0.15, -0.1) is 0 Å². The topological polar surface area (TPSA) is 133 Å². The number of amides is 4. The number of benzene rings is 2. The van der Waals surface area contributed by atoms with Crippen LogP contribution in [0.15, 0.2) is 54.6 Å². The number of halogens is 1. The van der Waals surface area contributed by atoms with Crippen molar-refractivity contribution in [1.82, 2.24) is 25.5 Å². The normalized spacial score (nSPS) is 12.8. The van der Waals surface area contributed by atoms with E-state index in [0.717, 1.165) is 37.5 Å². The molecule has 0 fully saturated rings. The fourth-order valence-corrected chi connectivity index (χ4v) is 4.40. The van der Waals surface area contributed by atoms with Crippen molar-refractivity contribution in [3.05, 3.63) is 69.6 Å². The monoisotopic (exact) mass is 641 g/mol. The zero-order valence-corrected chi connectivity index (χ0v) is 23.5. The molecule has 0 spiro atoms. The third kappa shape index (κ3) is 8.37. The van der Waals surface area contributed by atoms with Gasteiger partial charge in [-0.25, -0.2) is 4.98 Å². The van der Waals surface area contributed by atoms with Gasteiger partial charge in [0.25, 0.3) is 17.7 Å². The zero-order chi connectivity index (χ0) is 27.6. The third-order valence-corrected chi connectivity index (χ3v) is 6.83. The van der Waals surface area contributed by atoms with Gasteiger partial charge in [0.2, 0.25) is 5.91 Å². The highest BCUT2D eigenvalue weighted by atomic mass is 125. The lowest BCUT2D eigenvalue weighted by Crippen LogP contribution is -2.38. The van der Waals surface area contributed by atoms with Gasteiger partial charge in [0.05, 0.1) is 17.6 Å². The third-order valence-electron chi connectivity index (χ3n) is 6.11. The number of aryl methyl sites for hydroxylation is 1. The first kappa shape index (κ1) is 28.3. The van der Waals surface area contributed by atoms with Gasteiger partial charge in [-0.3, -0.25) is 24.1 Å². The van der Waals surface area contributed by atoms with Crippen LogP contribution in [0.2, 0.25) is 0 Å². The largest absolute Gasteiger partial charge is 0.494 e. The Labute approximate surface area is 239 Å². The Morgan fingerprint density at radius 2 is 1.72 bits per heavy atom. The second-order valence-electron chi connectivity index (χ2n) is 9.05. The molecule has 0 aliphatic carbocycles. The van der Waals surface area contributed by atoms with E-state index in [1.54, 1.807) is 0 Å². The molecule has 3 N–H and O–H groups in total. The summed E-state index contributed by atoms with van der Waals surface area (Å²) in [6.45, 7) is 1.44. The zero-order valence-electron chi connectivity index (χ0n) is 21.4. The van der Waals surface area contributed by atoms with Crippen LogP contribution in [-0.2, 0) is 20.8 Å². The molecule has 1 aliphatic heterocycles. The van der Waals surface area contributed by atoms with Crippen LogP contribution in [0.5, 0.6) is 5.75 Å². The highest BCUT2D eigenvalue weighted by Crippen LogP contribution is 2.20. The molecule has 0 saturated carbocycles. The number of aromatic nitrogens is 2. The van der Waals surface area contributed by atoms with Gasteiger partial charge < -0.3 is 20.4 Å². The molecule has 11 heteroatoms. The number of nitrogens with one attached hydrogen (secondary N) is 3. The van der Waals surface area contributed by atoms with Crippen molar-refractivity contribution >= 4 is 57.3 Å². The maximum absolute atomic E-state index is 12.2. The summed E-state index contributed by atoms with van der Waals surface area (Å²) >= 11 is 2.21. The van der Waals surface area contributed by atoms with E-state index in [1.807, 2.05) is 42.5 Å². The van der Waals surface area contributed by atoms with E-state index in [2.05, 4.69) is 43.2 Å². The minimum atomic E-state index is -0.352. The number of fused-ring (bicyclic) bond motifs is 1. The van der Waals surface area contributed by atoms with Crippen molar-refractivity contribution in [2.75, 3.05) is 26.2 Å². The van der Waals surface area contributed by atoms with Gasteiger partial charge in [0.1, 0.15) is 11.6 Å². The number of hydrogen-bond donors (Lipinski definition) is 3. The molecule has 0 unspecified atom stereocenters. The van der Waals surface area contributed by atoms with Gasteiger partial charge in [0.15, 0.2) is 0 Å². The van der Waals surface area contributed by atoms with Crippen LogP contribution >= 0.6 is 22.6 Å². The Bertz CT molecular complexity index is 1350. The van der Waals surface area contributed by atoms with Gasteiger partial charge in [-0.05, 0) is 78.3 Å². The van der Waals surface area contributed by atoms with E-state index in [9.17, 15) is 19.2 Å². The number of ether oxygens (including phenoxy) is 1. The van der Waals surface area contributed by atoms with Crippen molar-refractivity contribution in [1.29, 1.82) is 0 Å². The average Bonchev–Trinajstić information content (AvgIpc) is 3.48. The summed E-state index contributed by atoms with van der Waals surface area (Å²) in [5.74, 6) is 0.671. The Morgan fingerprint density at radius 3 is 2.49 bits per heavy atom. The quantitative estimate of drug-likeness (QED) is 0.141. The molecule has 4 amide bonds. The van der Waals surface area contributed by atoms with E-state index < -0.39 is 0 Å². The maximum Gasteiger partial charge on any atom is 0.253 e. The molecule has 1 aliphatic rings. The van der Waals surface area contributed by atoms with Crippen LogP contribution in [0.3, 0.4) is 0 Å². The second kappa shape index (κ2) is 13.9. The number of carbonyl (C=O) groups excluding carboxylic acids is 4. The Morgan fingerprint density at radius 1 is 0.949 bits per heavy atom. The minimum Gasteiger partial charge on any atom is -0.494 e. The lowest BCUT2D eigenvalue weighted by atomic mass is 10.2. The highest BCUT2D eigenvalue weighted by molar-refractivity contribution is 14.1. The van der Waals surface area contributed by atoms with Crippen LogP contribution in [0.4, 0.5) is 0 Å². The lowest BCUT2D eigenvalue weighted by Gasteiger charge is -2.14. The number of carbonyl (C=O) groups is 4. The van der Waals surface area contributed by atoms with E-state index >= 15 is 0 Å². The fourth-order valence-electron chi connectivity index (χ4n) is 4.04. The number of imidazole rings is 1. The Hall–Kier alpha value is -3.74. The molecule has 2 aromatic carbocycles. The smallest absolute Gasteiger partial charge is 0.253 e. The summed E-state index contributed by atoms with van der Waals surface area (Å²) in [6.07, 6.45) is 5.64. The molecule has 39 heavy (non-hydrogen) atoms. The van der Waals surface area contributed by atoms with Crippen LogP contribution in [0, 0.1) is 3.57 Å². The molecule has 0 atom stereocenters. The van der Waals surface area contributed by atoms with Crippen LogP contribution in [-0.4, -0.2) is 64.7 Å². The molecule has 10 nitrogen and oxygen atoms in total. The molecule has 3 aromatic rings. The molecular weight excluding hydrogens is 611 g/mol. The summed E-state index contributed by atoms with van der Waals surface area (Å²) in [6, 6.07) is 13.1. The van der Waals surface area contributed by atoms with Crippen molar-refractivity contribution < 1.29 is 23.9 Å². The summed E-state index contributed by atoms with van der Waals surface area (Å²) < 4.78 is 6.92. The summed E-state index contributed by atoms with van der Waals surface area (Å²) in [5, 5.41) is 5.67. The molecule has 2 heterocycles. The molecule has 204 valence electrons. The first-order chi connectivity index (χ1) is 18.9. The number of aromatic amines is 1. The highest BCUT2D eigenvalue weighted by Gasteiger charge is 2.22. The molecule has 0 saturated heterocycles. The number of rotatable bonds is 14. The summed E-state index contributed by atoms with van der Waals surface area (Å²) in [4.78, 5) is 56.2. The minimum absolute atomic E-state index is 0.0795. The first-order valence-corrected chi connectivity index (χ1v) is 13.9. The van der Waals surface area contributed by atoms with E-state index in [0.29, 0.717) is 44.4 Å². The van der Waals surface area contributed by atoms with Crippen molar-refractivity contribution in [2.45, 2.75) is 32.1 Å². The SMILES string of the molecule is O=C(CCCCOc1ccc2nc(CCCNC(=O)c3ccc([125I])cc3)[nH]c2c1)NCCN1C(=O)C=CC1=O. The lowest BCUT2D eigenvalue weighted by molar-refractivity contribution is -0.137. The molecule has 4 rings (SSSR count). The molecule has 0 bridgehead atoms. The molecule has 1 aromatic heterocycles. The number of nitrogens with zero attached hydrogens (tertiary/aromatic N) is 2. The Kier molecular flexibility index (Phi) is 10.1. The van der Waals surface area contributed by atoms with Crippen LogP contribution in [0.1, 0.15) is 41.9 Å². The average molecular weight is 641 g/mol. The predicted molar refractivity (Wildman–Crippen MR) is 154 cm³/mol. The van der Waals surface area contributed by atoms with Gasteiger partial charge in [-0.1, -0.05) is 0 Å². The Balaban J connectivity index is 1.10. The summed E-state index contributed by atoms with van der Waals surface area (Å²) in [7, 11) is 0. The maximum atomic E-state index is 12.2. The van der Waals surface area contributed by atoms with Gasteiger partial charge >= 0.3 is 0 Å². The number of unbranched alkanes of at least 4 members (excludes halogenated alkanes) is 1. The predicted octanol–water partition coefficient (Wildman–Crippen LogP) is 3.12. The second-order valence-corrected chi connectivity index (χ2v) is 10.3. The van der Waals surface area contributed by atoms with Crippen LogP contribution < -0.4 is 15.4 Å². The molecule has 0 radical (unpaired) electrons. The fraction of sp³-hybridized carbons (Fsp3) is 0.321. The van der Waals surface area contributed by atoms with E-state index in [1.165, 1.54) is 12.2 Å². The standard InChI is InChI=1S/C28H30IN5O5/c29-20-8-6-19(7-9-20)28(38)31-14-3-4-24-32-22-11-10-21(18-23(22)33-24)39-17-2-1-5-25(35)30-15-16-34-26(36)12-13-27(34)37/h6-13,18H,1-5,14-17H2,(H,30,35)(H,31,38)(H,32,33)/i29-2. The number of H-pyrrole nitrogens is 1. The van der Waals surface area contributed by atoms with E-state index in [4.69, 9.17) is 4.74 Å². The van der Waals surface area contributed by atoms with Gasteiger partial charge in [-0.2, -0.15) is 0 Å². The van der Waals surface area contributed by atoms with Crippen molar-refractivity contribution in [3.63, 3.8) is 0 Å². The van der Waals surface area contributed by atoms with E-state index in [-0.39, 0.29) is 36.7 Å². The van der Waals surface area contributed by atoms with Gasteiger partial charge in [0, 0.05) is 59.8 Å². The van der Waals surface area contributed by atoms with Crippen LogP contribution in [0.25, 0.3) is 11.0 Å². The summed E-state index contributed by atoms with van der Waals surface area (Å²) in [5.41, 5.74) is 2.39. The van der Waals surface area contributed by atoms with Crippen molar-refractivity contribution in [2.24, 2.45) is 0 Å².